The number of carbonyl (C=O) groups excluding carboxylic acids is 4. The second kappa shape index (κ2) is 8.11. The molecule has 4 aliphatic rings. The van der Waals surface area contributed by atoms with E-state index in [1.54, 1.807) is 15.9 Å². The highest BCUT2D eigenvalue weighted by Gasteiger charge is 2.50. The molecule has 3 fully saturated rings. The Labute approximate surface area is 190 Å². The molecular formula is C21H27N4O6S-. The average Bonchev–Trinajstić information content (AvgIpc) is 3.33. The Hall–Kier alpha value is -2.53. The zero-order valence-corrected chi connectivity index (χ0v) is 19.1. The largest absolute Gasteiger partial charge is 0.543 e. The van der Waals surface area contributed by atoms with E-state index in [1.165, 1.54) is 11.8 Å². The molecule has 0 unspecified atom stereocenters. The number of likely N-dealkylation sites (tertiary alicyclic amines) is 2. The zero-order valence-electron chi connectivity index (χ0n) is 18.3. The van der Waals surface area contributed by atoms with Crippen LogP contribution in [0.4, 0.5) is 4.79 Å². The van der Waals surface area contributed by atoms with E-state index in [1.807, 2.05) is 20.8 Å². The van der Waals surface area contributed by atoms with Crippen LogP contribution in [0.5, 0.6) is 0 Å². The van der Waals surface area contributed by atoms with Gasteiger partial charge in [0.25, 0.3) is 0 Å². The number of fused-ring (bicyclic) bond motifs is 1. The van der Waals surface area contributed by atoms with Crippen molar-refractivity contribution in [3.8, 4) is 0 Å². The second-order valence-corrected chi connectivity index (χ2v) is 10.5. The summed E-state index contributed by atoms with van der Waals surface area (Å²) >= 11 is 1.38. The van der Waals surface area contributed by atoms with Gasteiger partial charge in [0.1, 0.15) is 17.0 Å². The minimum Gasteiger partial charge on any atom is -0.543 e. The van der Waals surface area contributed by atoms with Crippen molar-refractivity contribution in [1.29, 1.82) is 0 Å². The molecule has 4 aliphatic heterocycles. The molecule has 0 spiro atoms. The van der Waals surface area contributed by atoms with Crippen LogP contribution in [-0.2, 0) is 19.1 Å². The number of nitrogens with two attached hydrogens (primary N) is 1. The second-order valence-electron chi connectivity index (χ2n) is 9.38. The molecule has 3 saturated heterocycles. The molecule has 3 amide bonds. The van der Waals surface area contributed by atoms with E-state index in [9.17, 15) is 24.3 Å². The van der Waals surface area contributed by atoms with E-state index < -0.39 is 35.0 Å². The fourth-order valence-electron chi connectivity index (χ4n) is 4.45. The van der Waals surface area contributed by atoms with E-state index in [2.05, 4.69) is 0 Å². The number of aliphatic carboxylic acids is 1. The molecule has 0 aromatic heterocycles. The number of hydrogen-bond acceptors (Lipinski definition) is 8. The van der Waals surface area contributed by atoms with Gasteiger partial charge in [0, 0.05) is 31.0 Å². The van der Waals surface area contributed by atoms with Crippen LogP contribution in [-0.4, -0.2) is 87.0 Å². The molecule has 4 heterocycles. The van der Waals surface area contributed by atoms with Crippen LogP contribution in [0.3, 0.4) is 0 Å². The molecule has 0 aliphatic carbocycles. The van der Waals surface area contributed by atoms with Gasteiger partial charge >= 0.3 is 6.09 Å². The molecule has 174 valence electrons. The van der Waals surface area contributed by atoms with Crippen LogP contribution in [0.1, 0.15) is 33.6 Å². The van der Waals surface area contributed by atoms with E-state index >= 15 is 0 Å². The summed E-state index contributed by atoms with van der Waals surface area (Å²) in [7, 11) is 0. The first-order valence-corrected chi connectivity index (χ1v) is 11.7. The van der Waals surface area contributed by atoms with E-state index in [4.69, 9.17) is 10.5 Å². The monoisotopic (exact) mass is 463 g/mol. The quantitative estimate of drug-likeness (QED) is 0.433. The van der Waals surface area contributed by atoms with Crippen molar-refractivity contribution < 1.29 is 29.0 Å². The SMILES string of the molecule is CC(C)(C)OC(=O)N1CC[C@@H](N2CC/C(=C\C3=C(C(=O)[O-])N4C(=O)[C@@H](N)[C@H]4SC3)C2=O)C1. The summed E-state index contributed by atoms with van der Waals surface area (Å²) in [6.45, 7) is 6.83. The van der Waals surface area contributed by atoms with Crippen LogP contribution >= 0.6 is 11.8 Å². The van der Waals surface area contributed by atoms with Crippen LogP contribution in [0.15, 0.2) is 22.9 Å². The topological polar surface area (TPSA) is 136 Å². The molecule has 0 saturated carbocycles. The highest BCUT2D eigenvalue weighted by Crippen LogP contribution is 2.40. The van der Waals surface area contributed by atoms with Gasteiger partial charge in [0.05, 0.1) is 17.7 Å². The lowest BCUT2D eigenvalue weighted by Gasteiger charge is -2.49. The first-order valence-electron chi connectivity index (χ1n) is 10.6. The molecule has 2 N–H and O–H groups in total. The summed E-state index contributed by atoms with van der Waals surface area (Å²) in [4.78, 5) is 53.7. The number of nitrogens with zero attached hydrogens (tertiary/aromatic N) is 3. The zero-order chi connectivity index (χ0) is 23.4. The van der Waals surface area contributed by atoms with Gasteiger partial charge in [-0.25, -0.2) is 4.79 Å². The maximum Gasteiger partial charge on any atom is 0.410 e. The summed E-state index contributed by atoms with van der Waals surface area (Å²) < 4.78 is 5.42. The van der Waals surface area contributed by atoms with Crippen LogP contribution in [0, 0.1) is 0 Å². The normalized spacial score (nSPS) is 29.6. The molecule has 3 atom stereocenters. The molecule has 0 radical (unpaired) electrons. The Kier molecular flexibility index (Phi) is 5.74. The van der Waals surface area contributed by atoms with E-state index in [0.29, 0.717) is 49.4 Å². The molecule has 32 heavy (non-hydrogen) atoms. The number of ether oxygens (including phenoxy) is 1. The van der Waals surface area contributed by atoms with Crippen LogP contribution in [0.2, 0.25) is 0 Å². The van der Waals surface area contributed by atoms with Crippen molar-refractivity contribution in [3.05, 3.63) is 22.9 Å². The number of carboxylic acid groups (broad SMARTS) is 1. The van der Waals surface area contributed by atoms with Crippen molar-refractivity contribution >= 4 is 35.6 Å². The Bertz CT molecular complexity index is 939. The van der Waals surface area contributed by atoms with Gasteiger partial charge in [-0.05, 0) is 45.3 Å². The smallest absolute Gasteiger partial charge is 0.410 e. The third kappa shape index (κ3) is 3.99. The molecule has 4 rings (SSSR count). The van der Waals surface area contributed by atoms with E-state index in [0.717, 1.165) is 4.90 Å². The van der Waals surface area contributed by atoms with Crippen LogP contribution in [0.25, 0.3) is 0 Å². The van der Waals surface area contributed by atoms with Gasteiger partial charge in [-0.15, -0.1) is 11.8 Å². The predicted octanol–water partition coefficient (Wildman–Crippen LogP) is -0.599. The first-order chi connectivity index (χ1) is 15.0. The lowest BCUT2D eigenvalue weighted by atomic mass is 10.0. The van der Waals surface area contributed by atoms with Crippen molar-refractivity contribution in [1.82, 2.24) is 14.7 Å². The minimum absolute atomic E-state index is 0.115. The van der Waals surface area contributed by atoms with Gasteiger partial charge < -0.3 is 30.2 Å². The third-order valence-corrected chi connectivity index (χ3v) is 7.32. The van der Waals surface area contributed by atoms with Crippen molar-refractivity contribution in [3.63, 3.8) is 0 Å². The van der Waals surface area contributed by atoms with E-state index in [-0.39, 0.29) is 17.6 Å². The van der Waals surface area contributed by atoms with Gasteiger partial charge in [0.2, 0.25) is 11.8 Å². The molecule has 0 aromatic rings. The lowest BCUT2D eigenvalue weighted by molar-refractivity contribution is -0.301. The number of carbonyl (C=O) groups is 4. The van der Waals surface area contributed by atoms with Gasteiger partial charge in [-0.3, -0.25) is 14.5 Å². The third-order valence-electron chi connectivity index (χ3n) is 5.99. The Morgan fingerprint density at radius 2 is 1.97 bits per heavy atom. The predicted molar refractivity (Wildman–Crippen MR) is 114 cm³/mol. The molecule has 10 nitrogen and oxygen atoms in total. The minimum atomic E-state index is -1.45. The van der Waals surface area contributed by atoms with Crippen molar-refractivity contribution in [2.24, 2.45) is 5.73 Å². The fourth-order valence-corrected chi connectivity index (χ4v) is 5.71. The number of carboxylic acids is 1. The number of allylic oxidation sites excluding steroid dienone is 1. The number of thioether (sulfide) groups is 1. The summed E-state index contributed by atoms with van der Waals surface area (Å²) in [6.07, 6.45) is 2.31. The number of amides is 3. The molecule has 11 heteroatoms. The number of rotatable bonds is 3. The highest BCUT2D eigenvalue weighted by atomic mass is 32.2. The van der Waals surface area contributed by atoms with Gasteiger partial charge in [-0.2, -0.15) is 0 Å². The molecule has 0 bridgehead atoms. The van der Waals surface area contributed by atoms with Crippen molar-refractivity contribution in [2.75, 3.05) is 25.4 Å². The van der Waals surface area contributed by atoms with Crippen LogP contribution < -0.4 is 10.8 Å². The summed E-state index contributed by atoms with van der Waals surface area (Å²) in [5, 5.41) is 11.3. The standard InChI is InChI=1S/C21H28N4O6S/c1-21(2,3)31-20(30)23-6-5-13(9-23)24-7-4-11(16(24)26)8-12-10-32-18-14(22)17(27)25(18)15(12)19(28)29/h8,13-14,18H,4-7,9-10,22H2,1-3H3,(H,28,29)/p-1/b11-8+/t13-,14-,18-/m1/s1. The number of β-lactam (4-membered cyclic amide) rings is 1. The first kappa shape index (κ1) is 22.7. The van der Waals surface area contributed by atoms with Gasteiger partial charge in [-0.1, -0.05) is 0 Å². The maximum absolute atomic E-state index is 13.1. The Morgan fingerprint density at radius 1 is 1.25 bits per heavy atom. The summed E-state index contributed by atoms with van der Waals surface area (Å²) in [5.41, 5.74) is 5.86. The number of hydrogen-bond donors (Lipinski definition) is 1. The highest BCUT2D eigenvalue weighted by molar-refractivity contribution is 8.00. The van der Waals surface area contributed by atoms with Crippen molar-refractivity contribution in [2.45, 2.75) is 56.7 Å². The Morgan fingerprint density at radius 3 is 2.62 bits per heavy atom. The molecule has 0 aromatic carbocycles. The maximum atomic E-state index is 13.1. The summed E-state index contributed by atoms with van der Waals surface area (Å²) in [6, 6.07) is -0.835. The Balaban J connectivity index is 1.47. The summed E-state index contributed by atoms with van der Waals surface area (Å²) in [5.74, 6) is -1.75. The van der Waals surface area contributed by atoms with Gasteiger partial charge in [0.15, 0.2) is 0 Å². The fraction of sp³-hybridized carbons (Fsp3) is 0.619. The molecular weight excluding hydrogens is 436 g/mol. The average molecular weight is 464 g/mol. The lowest BCUT2D eigenvalue weighted by Crippen LogP contribution is -2.69.